The molecule has 0 saturated carbocycles. The van der Waals surface area contributed by atoms with Crippen molar-refractivity contribution in [3.05, 3.63) is 83.4 Å². The first-order valence-corrected chi connectivity index (χ1v) is 16.0. The number of rotatable bonds is 18. The smallest absolute Gasteiger partial charge is 0.343 e. The Morgan fingerprint density at radius 2 is 0.911 bits per heavy atom. The third-order valence-corrected chi connectivity index (χ3v) is 7.17. The van der Waals surface area contributed by atoms with Crippen molar-refractivity contribution in [2.75, 3.05) is 0 Å². The van der Waals surface area contributed by atoms with Crippen LogP contribution >= 0.6 is 0 Å². The van der Waals surface area contributed by atoms with Crippen molar-refractivity contribution in [3.63, 3.8) is 0 Å². The summed E-state index contributed by atoms with van der Waals surface area (Å²) in [6.07, 6.45) is 11.2. The highest BCUT2D eigenvalue weighted by molar-refractivity contribution is 5.92. The van der Waals surface area contributed by atoms with Crippen LogP contribution in [0, 0.1) is 6.92 Å². The Kier molecular flexibility index (Phi) is 14.8. The number of hydrogen-bond acceptors (Lipinski definition) is 8. The Labute approximate surface area is 266 Å². The molecule has 0 aromatic heterocycles. The fraction of sp³-hybridized carbons (Fsp3) is 0.405. The zero-order valence-electron chi connectivity index (χ0n) is 26.6. The van der Waals surface area contributed by atoms with Crippen molar-refractivity contribution in [2.24, 2.45) is 0 Å². The van der Waals surface area contributed by atoms with Crippen LogP contribution in [0.15, 0.2) is 66.7 Å². The molecule has 0 heterocycles. The maximum Gasteiger partial charge on any atom is 0.343 e. The zero-order valence-corrected chi connectivity index (χ0v) is 26.6. The monoisotopic (exact) mass is 616 g/mol. The van der Waals surface area contributed by atoms with Gasteiger partial charge >= 0.3 is 23.9 Å². The van der Waals surface area contributed by atoms with Gasteiger partial charge in [0.25, 0.3) is 0 Å². The summed E-state index contributed by atoms with van der Waals surface area (Å²) in [5.74, 6) is -0.396. The SMILES string of the molecule is CCCCCCCC(=O)Oc1ccc(C(=O)Oc2ccc(OC(=O)c3ccc(OC(=O)CCCCCCC)cc3)c(C)c2)cc1. The van der Waals surface area contributed by atoms with Gasteiger partial charge in [0.05, 0.1) is 11.1 Å². The van der Waals surface area contributed by atoms with Crippen LogP contribution in [0.25, 0.3) is 0 Å². The fourth-order valence-corrected chi connectivity index (χ4v) is 4.55. The molecule has 8 nitrogen and oxygen atoms in total. The van der Waals surface area contributed by atoms with Crippen molar-refractivity contribution in [3.8, 4) is 23.0 Å². The summed E-state index contributed by atoms with van der Waals surface area (Å²) in [6.45, 7) is 6.02. The topological polar surface area (TPSA) is 105 Å². The number of hydrogen-bond donors (Lipinski definition) is 0. The molecule has 0 bridgehead atoms. The highest BCUT2D eigenvalue weighted by atomic mass is 16.5. The average Bonchev–Trinajstić information content (AvgIpc) is 3.02. The number of esters is 4. The lowest BCUT2D eigenvalue weighted by molar-refractivity contribution is -0.135. The van der Waals surface area contributed by atoms with Crippen LogP contribution in [0.5, 0.6) is 23.0 Å². The van der Waals surface area contributed by atoms with Crippen molar-refractivity contribution in [1.82, 2.24) is 0 Å². The number of unbranched alkanes of at least 4 members (excludes halogenated alkanes) is 8. The van der Waals surface area contributed by atoms with Gasteiger partial charge in [0.15, 0.2) is 0 Å². The second kappa shape index (κ2) is 19.0. The molecule has 0 saturated heterocycles. The summed E-state index contributed by atoms with van der Waals surface area (Å²) in [5, 5.41) is 0. The second-order valence-corrected chi connectivity index (χ2v) is 11.0. The fourth-order valence-electron chi connectivity index (χ4n) is 4.55. The van der Waals surface area contributed by atoms with E-state index in [0.717, 1.165) is 51.4 Å². The molecular weight excluding hydrogens is 572 g/mol. The third kappa shape index (κ3) is 12.6. The molecular formula is C37H44O8. The van der Waals surface area contributed by atoms with Gasteiger partial charge in [-0.2, -0.15) is 0 Å². The molecule has 3 rings (SSSR count). The predicted molar refractivity (Wildman–Crippen MR) is 172 cm³/mol. The Bertz CT molecular complexity index is 1390. The van der Waals surface area contributed by atoms with E-state index in [2.05, 4.69) is 13.8 Å². The van der Waals surface area contributed by atoms with Crippen molar-refractivity contribution in [1.29, 1.82) is 0 Å². The molecule has 0 atom stereocenters. The minimum absolute atomic E-state index is 0.285. The van der Waals surface area contributed by atoms with E-state index in [1.165, 1.54) is 31.0 Å². The standard InChI is InChI=1S/C37H44O8/c1-4-6-8-10-12-14-34(38)42-30-20-16-28(17-21-30)36(40)44-32-24-25-33(27(3)26-32)45-37(41)29-18-22-31(23-19-29)43-35(39)15-13-11-9-7-5-2/h16-26H,4-15H2,1-3H3. The largest absolute Gasteiger partial charge is 0.427 e. The van der Waals surface area contributed by atoms with Crippen molar-refractivity contribution >= 4 is 23.9 Å². The maximum atomic E-state index is 12.7. The number of benzene rings is 3. The number of aryl methyl sites for hydroxylation is 1. The molecule has 0 aliphatic carbocycles. The molecule has 45 heavy (non-hydrogen) atoms. The molecule has 0 fully saturated rings. The van der Waals surface area contributed by atoms with Gasteiger partial charge in [-0.1, -0.05) is 65.2 Å². The van der Waals surface area contributed by atoms with E-state index in [1.807, 2.05) is 0 Å². The van der Waals surface area contributed by atoms with Gasteiger partial charge in [-0.15, -0.1) is 0 Å². The second-order valence-electron chi connectivity index (χ2n) is 11.0. The van der Waals surface area contributed by atoms with Gasteiger partial charge in [-0.25, -0.2) is 9.59 Å². The molecule has 3 aromatic carbocycles. The first-order chi connectivity index (χ1) is 21.8. The van der Waals surface area contributed by atoms with Crippen LogP contribution < -0.4 is 18.9 Å². The lowest BCUT2D eigenvalue weighted by Crippen LogP contribution is -2.11. The van der Waals surface area contributed by atoms with Gasteiger partial charge in [0.2, 0.25) is 0 Å². The Balaban J connectivity index is 1.46. The van der Waals surface area contributed by atoms with E-state index in [1.54, 1.807) is 55.5 Å². The van der Waals surface area contributed by atoms with E-state index in [4.69, 9.17) is 18.9 Å². The summed E-state index contributed by atoms with van der Waals surface area (Å²) in [5.41, 5.74) is 1.18. The Morgan fingerprint density at radius 1 is 0.489 bits per heavy atom. The van der Waals surface area contributed by atoms with E-state index >= 15 is 0 Å². The number of ether oxygens (including phenoxy) is 4. The minimum Gasteiger partial charge on any atom is -0.427 e. The summed E-state index contributed by atoms with van der Waals surface area (Å²) < 4.78 is 21.7. The van der Waals surface area contributed by atoms with Crippen LogP contribution in [0.2, 0.25) is 0 Å². The molecule has 0 unspecified atom stereocenters. The van der Waals surface area contributed by atoms with E-state index in [0.29, 0.717) is 46.8 Å². The van der Waals surface area contributed by atoms with Crippen LogP contribution in [0.1, 0.15) is 117 Å². The Morgan fingerprint density at radius 3 is 1.36 bits per heavy atom. The molecule has 8 heteroatoms. The number of carbonyl (C=O) groups excluding carboxylic acids is 4. The summed E-state index contributed by atoms with van der Waals surface area (Å²) in [7, 11) is 0. The van der Waals surface area contributed by atoms with Crippen LogP contribution in [-0.2, 0) is 9.59 Å². The highest BCUT2D eigenvalue weighted by Crippen LogP contribution is 2.26. The quantitative estimate of drug-likeness (QED) is 0.0792. The van der Waals surface area contributed by atoms with Gasteiger partial charge < -0.3 is 18.9 Å². The van der Waals surface area contributed by atoms with Crippen LogP contribution in [0.3, 0.4) is 0 Å². The molecule has 0 amide bonds. The summed E-state index contributed by atoms with van der Waals surface area (Å²) in [4.78, 5) is 49.5. The maximum absolute atomic E-state index is 12.7. The molecule has 0 aliphatic heterocycles. The molecule has 3 aromatic rings. The average molecular weight is 617 g/mol. The summed E-state index contributed by atoms with van der Waals surface area (Å²) in [6, 6.07) is 17.1. The lowest BCUT2D eigenvalue weighted by atomic mass is 10.1. The third-order valence-electron chi connectivity index (χ3n) is 7.17. The van der Waals surface area contributed by atoms with E-state index < -0.39 is 11.9 Å². The normalized spacial score (nSPS) is 10.6. The molecule has 0 aliphatic rings. The van der Waals surface area contributed by atoms with Crippen LogP contribution in [-0.4, -0.2) is 23.9 Å². The van der Waals surface area contributed by atoms with Gasteiger partial charge in [0, 0.05) is 12.8 Å². The van der Waals surface area contributed by atoms with Gasteiger partial charge in [-0.05, 0) is 92.1 Å². The first-order valence-electron chi connectivity index (χ1n) is 16.0. The first kappa shape index (κ1) is 35.0. The summed E-state index contributed by atoms with van der Waals surface area (Å²) >= 11 is 0. The molecule has 240 valence electrons. The van der Waals surface area contributed by atoms with E-state index in [-0.39, 0.29) is 17.7 Å². The van der Waals surface area contributed by atoms with Crippen LogP contribution in [0.4, 0.5) is 0 Å². The zero-order chi connectivity index (χ0) is 32.4. The van der Waals surface area contributed by atoms with Gasteiger partial charge in [-0.3, -0.25) is 9.59 Å². The van der Waals surface area contributed by atoms with Crippen molar-refractivity contribution in [2.45, 2.75) is 97.8 Å². The molecule has 0 radical (unpaired) electrons. The highest BCUT2D eigenvalue weighted by Gasteiger charge is 2.15. The van der Waals surface area contributed by atoms with Crippen molar-refractivity contribution < 1.29 is 38.1 Å². The number of carbonyl (C=O) groups is 4. The Hall–Kier alpha value is -4.46. The lowest BCUT2D eigenvalue weighted by Gasteiger charge is -2.11. The predicted octanol–water partition coefficient (Wildman–Crippen LogP) is 8.97. The molecule has 0 spiro atoms. The van der Waals surface area contributed by atoms with Gasteiger partial charge in [0.1, 0.15) is 23.0 Å². The molecule has 0 N–H and O–H groups in total. The minimum atomic E-state index is -0.578. The van der Waals surface area contributed by atoms with E-state index in [9.17, 15) is 19.2 Å².